The van der Waals surface area contributed by atoms with E-state index in [9.17, 15) is 9.59 Å². The molecule has 1 atom stereocenters. The Morgan fingerprint density at radius 3 is 2.47 bits per heavy atom. The fourth-order valence-electron chi connectivity index (χ4n) is 4.52. The number of aromatic nitrogens is 3. The van der Waals surface area contributed by atoms with Gasteiger partial charge in [-0.05, 0) is 47.0 Å². The Labute approximate surface area is 194 Å². The number of hydrogen-bond acceptors (Lipinski definition) is 5. The van der Waals surface area contributed by atoms with Gasteiger partial charge in [-0.25, -0.2) is 4.79 Å². The van der Waals surface area contributed by atoms with Gasteiger partial charge < -0.3 is 15.0 Å². The van der Waals surface area contributed by atoms with Crippen molar-refractivity contribution in [1.29, 1.82) is 0 Å². The molecule has 5 aromatic rings. The summed E-state index contributed by atoms with van der Waals surface area (Å²) in [6.07, 6.45) is 1.74. The monoisotopic (exact) mass is 448 g/mol. The maximum Gasteiger partial charge on any atom is 0.326 e. The van der Waals surface area contributed by atoms with Gasteiger partial charge in [0.25, 0.3) is 5.56 Å². The normalized spacial score (nSPS) is 14.2. The number of nitrogens with one attached hydrogen (secondary N) is 3. The van der Waals surface area contributed by atoms with Gasteiger partial charge in [0.1, 0.15) is 18.0 Å². The molecule has 7 heteroatoms. The van der Waals surface area contributed by atoms with Crippen LogP contribution < -0.4 is 21.3 Å². The van der Waals surface area contributed by atoms with Gasteiger partial charge >= 0.3 is 5.69 Å². The minimum atomic E-state index is -0.538. The molecular weight excluding hydrogens is 428 g/mol. The third-order valence-electron chi connectivity index (χ3n) is 6.10. The van der Waals surface area contributed by atoms with E-state index >= 15 is 0 Å². The van der Waals surface area contributed by atoms with Gasteiger partial charge in [0.15, 0.2) is 0 Å². The van der Waals surface area contributed by atoms with Gasteiger partial charge in [-0.3, -0.25) is 14.8 Å². The molecule has 34 heavy (non-hydrogen) atoms. The average molecular weight is 448 g/mol. The van der Waals surface area contributed by atoms with Crippen LogP contribution in [0.4, 0.5) is 11.4 Å². The quantitative estimate of drug-likeness (QED) is 0.371. The van der Waals surface area contributed by atoms with Crippen molar-refractivity contribution in [3.05, 3.63) is 128 Å². The van der Waals surface area contributed by atoms with Gasteiger partial charge in [0.05, 0.1) is 22.8 Å². The molecule has 0 saturated carbocycles. The summed E-state index contributed by atoms with van der Waals surface area (Å²) >= 11 is 0. The molecule has 0 spiro atoms. The van der Waals surface area contributed by atoms with Crippen molar-refractivity contribution in [3.8, 4) is 5.75 Å². The van der Waals surface area contributed by atoms with Gasteiger partial charge in [-0.1, -0.05) is 48.5 Å². The third kappa shape index (κ3) is 3.44. The van der Waals surface area contributed by atoms with E-state index < -0.39 is 11.2 Å². The van der Waals surface area contributed by atoms with Crippen molar-refractivity contribution in [2.75, 3.05) is 5.32 Å². The first-order valence-electron chi connectivity index (χ1n) is 11.0. The highest BCUT2D eigenvalue weighted by atomic mass is 16.5. The average Bonchev–Trinajstić information content (AvgIpc) is 2.87. The first-order chi connectivity index (χ1) is 16.7. The fraction of sp³-hybridized carbons (Fsp3) is 0.0741. The van der Waals surface area contributed by atoms with Crippen molar-refractivity contribution in [2.24, 2.45) is 0 Å². The molecule has 2 aromatic heterocycles. The van der Waals surface area contributed by atoms with Crippen LogP contribution in [0.3, 0.4) is 0 Å². The molecule has 0 aliphatic carbocycles. The number of ether oxygens (including phenoxy) is 1. The number of benzene rings is 3. The van der Waals surface area contributed by atoms with E-state index in [1.807, 2.05) is 78.9 Å². The molecule has 0 amide bonds. The Hall–Kier alpha value is -4.65. The van der Waals surface area contributed by atoms with Crippen LogP contribution in [-0.2, 0) is 6.61 Å². The highest BCUT2D eigenvalue weighted by Gasteiger charge is 2.31. The smallest absolute Gasteiger partial charge is 0.326 e. The molecule has 3 heterocycles. The number of aromatic amines is 2. The number of hydrogen-bond donors (Lipinski definition) is 3. The van der Waals surface area contributed by atoms with Crippen molar-refractivity contribution >= 4 is 22.3 Å². The molecule has 3 aromatic carbocycles. The summed E-state index contributed by atoms with van der Waals surface area (Å²) in [7, 11) is 0. The first kappa shape index (κ1) is 20.0. The minimum Gasteiger partial charge on any atom is -0.489 e. The molecular formula is C27H20N4O3. The summed E-state index contributed by atoms with van der Waals surface area (Å²) < 4.78 is 5.94. The maximum atomic E-state index is 12.7. The van der Waals surface area contributed by atoms with E-state index in [-0.39, 0.29) is 5.92 Å². The predicted molar refractivity (Wildman–Crippen MR) is 131 cm³/mol. The molecule has 0 fully saturated rings. The molecule has 1 aliphatic heterocycles. The summed E-state index contributed by atoms with van der Waals surface area (Å²) in [5, 5.41) is 4.16. The zero-order valence-corrected chi connectivity index (χ0v) is 18.0. The lowest BCUT2D eigenvalue weighted by Crippen LogP contribution is -2.31. The first-order valence-corrected chi connectivity index (χ1v) is 11.0. The highest BCUT2D eigenvalue weighted by Crippen LogP contribution is 2.45. The maximum absolute atomic E-state index is 12.7. The molecule has 1 aliphatic rings. The highest BCUT2D eigenvalue weighted by molar-refractivity contribution is 5.97. The number of nitrogens with zero attached hydrogens (tertiary/aromatic N) is 1. The molecule has 0 bridgehead atoms. The minimum absolute atomic E-state index is 0.331. The largest absolute Gasteiger partial charge is 0.489 e. The van der Waals surface area contributed by atoms with E-state index in [1.165, 1.54) is 0 Å². The second kappa shape index (κ2) is 8.04. The lowest BCUT2D eigenvalue weighted by atomic mass is 9.83. The zero-order chi connectivity index (χ0) is 23.1. The van der Waals surface area contributed by atoms with Crippen LogP contribution in [0.15, 0.2) is 94.6 Å². The summed E-state index contributed by atoms with van der Waals surface area (Å²) in [6.45, 7) is 0.473. The molecule has 3 N–H and O–H groups in total. The van der Waals surface area contributed by atoms with Crippen molar-refractivity contribution in [2.45, 2.75) is 12.5 Å². The number of fused-ring (bicyclic) bond motifs is 4. The van der Waals surface area contributed by atoms with Crippen LogP contribution in [-0.4, -0.2) is 15.0 Å². The lowest BCUT2D eigenvalue weighted by Gasteiger charge is -2.29. The number of rotatable bonds is 4. The summed E-state index contributed by atoms with van der Waals surface area (Å²) in [5.41, 5.74) is 4.46. The second-order valence-corrected chi connectivity index (χ2v) is 8.20. The molecule has 0 radical (unpaired) electrons. The molecule has 166 valence electrons. The van der Waals surface area contributed by atoms with E-state index in [0.717, 1.165) is 39.0 Å². The van der Waals surface area contributed by atoms with Crippen LogP contribution >= 0.6 is 0 Å². The van der Waals surface area contributed by atoms with Crippen molar-refractivity contribution < 1.29 is 4.74 Å². The Kier molecular flexibility index (Phi) is 4.73. The van der Waals surface area contributed by atoms with E-state index in [2.05, 4.69) is 20.3 Å². The Bertz CT molecular complexity index is 1620. The molecule has 0 saturated heterocycles. The lowest BCUT2D eigenvalue weighted by molar-refractivity contribution is 0.306. The van der Waals surface area contributed by atoms with E-state index in [4.69, 9.17) is 4.74 Å². The second-order valence-electron chi connectivity index (χ2n) is 8.20. The standard InChI is InChI=1S/C27H20N4O3/c32-26-25-24(30-27(33)31-26)22(20-12-13-21-19(23(20)29-25)7-4-14-28-21)17-8-10-18(11-9-17)34-15-16-5-2-1-3-6-16/h1-14,22,29H,15H2,(H2,30,31,32,33). The number of H-pyrrole nitrogens is 2. The Morgan fingerprint density at radius 1 is 0.824 bits per heavy atom. The number of anilines is 2. The summed E-state index contributed by atoms with van der Waals surface area (Å²) in [4.78, 5) is 34.5. The van der Waals surface area contributed by atoms with Gasteiger partial charge in [-0.15, -0.1) is 0 Å². The number of pyridine rings is 1. The third-order valence-corrected chi connectivity index (χ3v) is 6.10. The van der Waals surface area contributed by atoms with Crippen molar-refractivity contribution in [3.63, 3.8) is 0 Å². The van der Waals surface area contributed by atoms with Crippen LogP contribution in [0.5, 0.6) is 5.75 Å². The van der Waals surface area contributed by atoms with Gasteiger partial charge in [0, 0.05) is 11.6 Å². The van der Waals surface area contributed by atoms with E-state index in [1.54, 1.807) is 6.20 Å². The van der Waals surface area contributed by atoms with Crippen LogP contribution in [0, 0.1) is 0 Å². The molecule has 1 unspecified atom stereocenters. The van der Waals surface area contributed by atoms with Crippen molar-refractivity contribution in [1.82, 2.24) is 15.0 Å². The molecule has 7 nitrogen and oxygen atoms in total. The Morgan fingerprint density at radius 2 is 1.65 bits per heavy atom. The van der Waals surface area contributed by atoms with Gasteiger partial charge in [-0.2, -0.15) is 0 Å². The van der Waals surface area contributed by atoms with Crippen LogP contribution in [0.2, 0.25) is 0 Å². The topological polar surface area (TPSA) is 99.9 Å². The van der Waals surface area contributed by atoms with Crippen LogP contribution in [0.25, 0.3) is 10.9 Å². The summed E-state index contributed by atoms with van der Waals surface area (Å²) in [5.74, 6) is 0.401. The fourth-order valence-corrected chi connectivity index (χ4v) is 4.52. The Balaban J connectivity index is 1.44. The van der Waals surface area contributed by atoms with Gasteiger partial charge in [0.2, 0.25) is 0 Å². The molecule has 6 rings (SSSR count). The van der Waals surface area contributed by atoms with E-state index in [0.29, 0.717) is 18.0 Å². The zero-order valence-electron chi connectivity index (χ0n) is 18.0. The summed E-state index contributed by atoms with van der Waals surface area (Å²) in [6, 6.07) is 25.5. The predicted octanol–water partition coefficient (Wildman–Crippen LogP) is 4.43. The SMILES string of the molecule is O=c1[nH]c2c(c(=O)[nH]1)Nc1c(ccc3ncccc13)C2c1ccc(OCc2ccccc2)cc1. The van der Waals surface area contributed by atoms with Crippen LogP contribution in [0.1, 0.15) is 28.3 Å².